The molecule has 1 fully saturated rings. The highest BCUT2D eigenvalue weighted by Crippen LogP contribution is 2.33. The molecule has 0 aromatic carbocycles. The van der Waals surface area contributed by atoms with E-state index >= 15 is 0 Å². The van der Waals surface area contributed by atoms with Gasteiger partial charge in [0.05, 0.1) is 0 Å². The number of hydrogen-bond acceptors (Lipinski definition) is 2. The highest BCUT2D eigenvalue weighted by Gasteiger charge is 2.42. The van der Waals surface area contributed by atoms with Gasteiger partial charge in [0, 0.05) is 42.8 Å². The van der Waals surface area contributed by atoms with E-state index in [1.807, 2.05) is 13.8 Å². The van der Waals surface area contributed by atoms with Crippen LogP contribution in [0.2, 0.25) is 0 Å². The Bertz CT molecular complexity index is 596. The fourth-order valence-corrected chi connectivity index (χ4v) is 2.45. The van der Waals surface area contributed by atoms with Gasteiger partial charge in [-0.25, -0.2) is 8.78 Å². The lowest BCUT2D eigenvalue weighted by Crippen LogP contribution is -2.48. The van der Waals surface area contributed by atoms with Crippen LogP contribution in [0.1, 0.15) is 49.2 Å². The summed E-state index contributed by atoms with van der Waals surface area (Å²) in [6.45, 7) is 5.28. The van der Waals surface area contributed by atoms with Gasteiger partial charge in [0.1, 0.15) is 0 Å². The minimum absolute atomic E-state index is 0.00957. The van der Waals surface area contributed by atoms with Crippen molar-refractivity contribution in [1.82, 2.24) is 9.88 Å². The molecule has 1 aliphatic heterocycles. The predicted octanol–water partition coefficient (Wildman–Crippen LogP) is 2.62. The molecule has 4 nitrogen and oxygen atoms in total. The van der Waals surface area contributed by atoms with Gasteiger partial charge in [-0.1, -0.05) is 20.8 Å². The van der Waals surface area contributed by atoms with Crippen molar-refractivity contribution < 1.29 is 13.6 Å². The number of rotatable bonds is 2. The lowest BCUT2D eigenvalue weighted by atomic mass is 9.95. The number of hydrogen-bond donors (Lipinski definition) is 1. The fraction of sp³-hybridized carbons (Fsp3) is 0.600. The summed E-state index contributed by atoms with van der Waals surface area (Å²) in [6, 6.07) is 2.86. The third-order valence-electron chi connectivity index (χ3n) is 3.95. The van der Waals surface area contributed by atoms with Crippen LogP contribution in [-0.4, -0.2) is 34.8 Å². The number of nitrogens with zero attached hydrogens (tertiary/aromatic N) is 1. The number of aromatic nitrogens is 1. The molecule has 2 heterocycles. The molecule has 21 heavy (non-hydrogen) atoms. The second kappa shape index (κ2) is 5.58. The minimum Gasteiger partial charge on any atom is -0.338 e. The first-order valence-corrected chi connectivity index (χ1v) is 7.12. The molecule has 1 aliphatic rings. The van der Waals surface area contributed by atoms with Crippen LogP contribution >= 0.6 is 0 Å². The molecule has 1 N–H and O–H groups in total. The fourth-order valence-electron chi connectivity index (χ4n) is 2.45. The summed E-state index contributed by atoms with van der Waals surface area (Å²) < 4.78 is 27.0. The van der Waals surface area contributed by atoms with Crippen molar-refractivity contribution in [3.8, 4) is 0 Å². The van der Waals surface area contributed by atoms with Gasteiger partial charge in [-0.15, -0.1) is 0 Å². The zero-order valence-corrected chi connectivity index (χ0v) is 12.5. The Morgan fingerprint density at radius 2 is 2.10 bits per heavy atom. The van der Waals surface area contributed by atoms with Gasteiger partial charge >= 0.3 is 0 Å². The van der Waals surface area contributed by atoms with Crippen molar-refractivity contribution in [1.29, 1.82) is 0 Å². The molecule has 6 heteroatoms. The number of piperidine rings is 1. The number of halogens is 2. The number of pyridine rings is 1. The highest BCUT2D eigenvalue weighted by atomic mass is 19.3. The summed E-state index contributed by atoms with van der Waals surface area (Å²) in [4.78, 5) is 28.1. The number of alkyl halides is 2. The Morgan fingerprint density at radius 3 is 2.67 bits per heavy atom. The third-order valence-corrected chi connectivity index (χ3v) is 3.95. The van der Waals surface area contributed by atoms with E-state index < -0.39 is 11.8 Å². The smallest absolute Gasteiger partial charge is 0.254 e. The van der Waals surface area contributed by atoms with Crippen LogP contribution in [-0.2, 0) is 0 Å². The molecular weight excluding hydrogens is 278 g/mol. The van der Waals surface area contributed by atoms with Crippen LogP contribution in [0.15, 0.2) is 16.9 Å². The summed E-state index contributed by atoms with van der Waals surface area (Å²) >= 11 is 0. The van der Waals surface area contributed by atoms with Gasteiger partial charge in [0.25, 0.3) is 11.8 Å². The molecule has 1 aromatic rings. The van der Waals surface area contributed by atoms with Crippen molar-refractivity contribution in [3.05, 3.63) is 33.7 Å². The first-order chi connectivity index (χ1) is 9.70. The molecule has 0 bridgehead atoms. The first kappa shape index (κ1) is 15.7. The molecule has 1 atom stereocenters. The van der Waals surface area contributed by atoms with Crippen LogP contribution in [0.25, 0.3) is 0 Å². The van der Waals surface area contributed by atoms with Crippen LogP contribution in [0.3, 0.4) is 0 Å². The summed E-state index contributed by atoms with van der Waals surface area (Å²) in [5.74, 6) is -3.88. The maximum atomic E-state index is 13.5. The van der Waals surface area contributed by atoms with E-state index in [4.69, 9.17) is 0 Å². The van der Waals surface area contributed by atoms with Gasteiger partial charge in [-0.2, -0.15) is 0 Å². The van der Waals surface area contributed by atoms with Crippen LogP contribution in [0.5, 0.6) is 0 Å². The number of H-pyrrole nitrogens is 1. The standard InChI is InChI=1S/C15H20F2N2O2/c1-9(2)12-6-11(7-13(20)18-12)14(21)19-5-4-15(16,17)10(3)8-19/h6-7,9-10H,4-5,8H2,1-3H3,(H,18,20). The van der Waals surface area contributed by atoms with E-state index in [1.165, 1.54) is 17.9 Å². The van der Waals surface area contributed by atoms with Crippen LogP contribution in [0, 0.1) is 5.92 Å². The zero-order valence-electron chi connectivity index (χ0n) is 12.5. The topological polar surface area (TPSA) is 53.2 Å². The average Bonchev–Trinajstić information content (AvgIpc) is 2.40. The van der Waals surface area contributed by atoms with Gasteiger partial charge < -0.3 is 9.88 Å². The molecule has 0 radical (unpaired) electrons. The zero-order chi connectivity index (χ0) is 15.8. The number of nitrogens with one attached hydrogen (secondary N) is 1. The molecule has 0 saturated carbocycles. The molecule has 1 unspecified atom stereocenters. The van der Waals surface area contributed by atoms with Crippen molar-refractivity contribution in [2.75, 3.05) is 13.1 Å². The quantitative estimate of drug-likeness (QED) is 0.912. The van der Waals surface area contributed by atoms with Crippen molar-refractivity contribution in [2.45, 2.75) is 39.0 Å². The summed E-state index contributed by atoms with van der Waals surface area (Å²) in [6.07, 6.45) is -0.333. The predicted molar refractivity (Wildman–Crippen MR) is 75.8 cm³/mol. The lowest BCUT2D eigenvalue weighted by Gasteiger charge is -2.36. The van der Waals surface area contributed by atoms with E-state index in [1.54, 1.807) is 6.07 Å². The number of amides is 1. The molecular formula is C15H20F2N2O2. The van der Waals surface area contributed by atoms with Gasteiger partial charge in [-0.05, 0) is 12.0 Å². The summed E-state index contributed by atoms with van der Waals surface area (Å²) in [7, 11) is 0. The second-order valence-corrected chi connectivity index (χ2v) is 6.01. The van der Waals surface area contributed by atoms with E-state index in [0.29, 0.717) is 5.69 Å². The largest absolute Gasteiger partial charge is 0.338 e. The average molecular weight is 298 g/mol. The van der Waals surface area contributed by atoms with Crippen LogP contribution in [0.4, 0.5) is 8.78 Å². The summed E-state index contributed by atoms with van der Waals surface area (Å²) in [5, 5.41) is 0. The van der Waals surface area contributed by atoms with Crippen molar-refractivity contribution in [3.63, 3.8) is 0 Å². The maximum absolute atomic E-state index is 13.5. The molecule has 2 rings (SSSR count). The number of carbonyl (C=O) groups is 1. The van der Waals surface area contributed by atoms with E-state index in [0.717, 1.165) is 0 Å². The number of likely N-dealkylation sites (tertiary alicyclic amines) is 1. The van der Waals surface area contributed by atoms with E-state index in [2.05, 4.69) is 4.98 Å². The Kier molecular flexibility index (Phi) is 4.16. The molecule has 1 saturated heterocycles. The third kappa shape index (κ3) is 3.31. The number of carbonyl (C=O) groups excluding carboxylic acids is 1. The van der Waals surface area contributed by atoms with Crippen LogP contribution < -0.4 is 5.56 Å². The molecule has 0 spiro atoms. The highest BCUT2D eigenvalue weighted by molar-refractivity contribution is 5.94. The molecule has 1 aromatic heterocycles. The molecule has 116 valence electrons. The van der Waals surface area contributed by atoms with Gasteiger partial charge in [0.2, 0.25) is 5.56 Å². The first-order valence-electron chi connectivity index (χ1n) is 7.12. The lowest BCUT2D eigenvalue weighted by molar-refractivity contribution is -0.0921. The Balaban J connectivity index is 2.23. The monoisotopic (exact) mass is 298 g/mol. The Labute approximate surface area is 122 Å². The normalized spacial score (nSPS) is 21.6. The SMILES string of the molecule is CC(C)c1cc(C(=O)N2CCC(F)(F)C(C)C2)cc(=O)[nH]1. The molecule has 0 aliphatic carbocycles. The summed E-state index contributed by atoms with van der Waals surface area (Å²) in [5.41, 5.74) is 0.584. The van der Waals surface area contributed by atoms with E-state index in [-0.39, 0.29) is 42.5 Å². The number of aromatic amines is 1. The van der Waals surface area contributed by atoms with Gasteiger partial charge in [0.15, 0.2) is 0 Å². The van der Waals surface area contributed by atoms with Crippen molar-refractivity contribution >= 4 is 5.91 Å². The molecule has 1 amide bonds. The van der Waals surface area contributed by atoms with E-state index in [9.17, 15) is 18.4 Å². The maximum Gasteiger partial charge on any atom is 0.254 e. The minimum atomic E-state index is -2.73. The Hall–Kier alpha value is -1.72. The van der Waals surface area contributed by atoms with Crippen molar-refractivity contribution in [2.24, 2.45) is 5.92 Å². The van der Waals surface area contributed by atoms with Gasteiger partial charge in [-0.3, -0.25) is 9.59 Å². The second-order valence-electron chi connectivity index (χ2n) is 6.01. The Morgan fingerprint density at radius 1 is 1.43 bits per heavy atom.